The quantitative estimate of drug-likeness (QED) is 0.761. The van der Waals surface area contributed by atoms with Crippen molar-refractivity contribution in [3.05, 3.63) is 52.0 Å². The summed E-state index contributed by atoms with van der Waals surface area (Å²) in [6.07, 6.45) is 2.18. The van der Waals surface area contributed by atoms with Gasteiger partial charge in [0.15, 0.2) is 0 Å². The van der Waals surface area contributed by atoms with Gasteiger partial charge >= 0.3 is 0 Å². The molecular formula is C20H23FN2O3S2. The second-order valence-electron chi connectivity index (χ2n) is 7.41. The largest absolute Gasteiger partial charge is 0.335 e. The first kappa shape index (κ1) is 19.5. The number of amides is 1. The number of hydrogen-bond donors (Lipinski definition) is 0. The van der Waals surface area contributed by atoms with E-state index in [1.165, 1.54) is 26.9 Å². The second-order valence-corrected chi connectivity index (χ2v) is 10.4. The molecule has 0 saturated carbocycles. The van der Waals surface area contributed by atoms with Crippen molar-refractivity contribution in [3.63, 3.8) is 0 Å². The van der Waals surface area contributed by atoms with E-state index in [4.69, 9.17) is 0 Å². The van der Waals surface area contributed by atoms with Crippen LogP contribution in [-0.2, 0) is 21.2 Å². The summed E-state index contributed by atoms with van der Waals surface area (Å²) in [7, 11) is -3.73. The highest BCUT2D eigenvalue weighted by Gasteiger charge is 2.37. The number of fused-ring (bicyclic) bond motifs is 1. The Morgan fingerprint density at radius 3 is 2.68 bits per heavy atom. The molecule has 2 aliphatic rings. The van der Waals surface area contributed by atoms with Crippen molar-refractivity contribution in [2.75, 3.05) is 19.6 Å². The first-order valence-corrected chi connectivity index (χ1v) is 11.8. The smallest absolute Gasteiger partial charge is 0.243 e. The summed E-state index contributed by atoms with van der Waals surface area (Å²) in [6, 6.07) is 6.95. The highest BCUT2D eigenvalue weighted by molar-refractivity contribution is 7.89. The van der Waals surface area contributed by atoms with E-state index >= 15 is 0 Å². The van der Waals surface area contributed by atoms with Crippen LogP contribution in [0.3, 0.4) is 0 Å². The number of carbonyl (C=O) groups excluding carboxylic acids is 1. The van der Waals surface area contributed by atoms with Crippen LogP contribution in [0.15, 0.2) is 40.6 Å². The molecule has 2 aliphatic heterocycles. The molecule has 0 bridgehead atoms. The number of carbonyl (C=O) groups is 1. The summed E-state index contributed by atoms with van der Waals surface area (Å²) in [5, 5.41) is 2.06. The Hall–Kier alpha value is -1.77. The number of piperidine rings is 1. The molecule has 4 rings (SSSR count). The molecule has 1 saturated heterocycles. The lowest BCUT2D eigenvalue weighted by molar-refractivity contribution is -0.139. The first-order valence-electron chi connectivity index (χ1n) is 9.50. The van der Waals surface area contributed by atoms with E-state index in [0.29, 0.717) is 25.9 Å². The van der Waals surface area contributed by atoms with Gasteiger partial charge in [0, 0.05) is 24.5 Å². The Kier molecular flexibility index (Phi) is 5.28. The standard InChI is InChI=1S/C20H23FN2O3S2/c1-14-18-9-12-27-19(18)8-11-23(14)20(24)15-3-2-10-22(13-15)28(25,26)17-6-4-16(21)5-7-17/h4-7,9,12,14-15H,2-3,8,10-11,13H2,1H3/t14-,15-/m1/s1. The average molecular weight is 423 g/mol. The zero-order valence-electron chi connectivity index (χ0n) is 15.7. The number of rotatable bonds is 3. The van der Waals surface area contributed by atoms with Crippen molar-refractivity contribution < 1.29 is 17.6 Å². The van der Waals surface area contributed by atoms with Gasteiger partial charge in [-0.3, -0.25) is 4.79 Å². The molecule has 0 N–H and O–H groups in total. The highest BCUT2D eigenvalue weighted by atomic mass is 32.2. The molecular weight excluding hydrogens is 399 g/mol. The Bertz CT molecular complexity index is 972. The van der Waals surface area contributed by atoms with Crippen molar-refractivity contribution in [3.8, 4) is 0 Å². The number of sulfonamides is 1. The van der Waals surface area contributed by atoms with E-state index in [1.54, 1.807) is 11.3 Å². The van der Waals surface area contributed by atoms with Gasteiger partial charge in [0.25, 0.3) is 0 Å². The maximum Gasteiger partial charge on any atom is 0.243 e. The van der Waals surface area contributed by atoms with Gasteiger partial charge in [0.1, 0.15) is 5.82 Å². The maximum absolute atomic E-state index is 13.2. The minimum Gasteiger partial charge on any atom is -0.335 e. The van der Waals surface area contributed by atoms with Gasteiger partial charge in [-0.05, 0) is 67.5 Å². The maximum atomic E-state index is 13.2. The van der Waals surface area contributed by atoms with Crippen LogP contribution in [0.2, 0.25) is 0 Å². The molecule has 150 valence electrons. The van der Waals surface area contributed by atoms with Crippen LogP contribution in [0.5, 0.6) is 0 Å². The van der Waals surface area contributed by atoms with Crippen molar-refractivity contribution in [2.45, 2.75) is 37.1 Å². The number of benzene rings is 1. The topological polar surface area (TPSA) is 57.7 Å². The lowest BCUT2D eigenvalue weighted by atomic mass is 9.94. The van der Waals surface area contributed by atoms with E-state index in [1.807, 2.05) is 11.8 Å². The van der Waals surface area contributed by atoms with Gasteiger partial charge in [-0.15, -0.1) is 11.3 Å². The predicted octanol–water partition coefficient (Wildman–Crippen LogP) is 3.43. The van der Waals surface area contributed by atoms with Crippen LogP contribution < -0.4 is 0 Å². The fourth-order valence-electron chi connectivity index (χ4n) is 4.16. The zero-order chi connectivity index (χ0) is 19.9. The first-order chi connectivity index (χ1) is 13.4. The molecule has 1 fully saturated rings. The number of halogens is 1. The number of thiophene rings is 1. The average Bonchev–Trinajstić information content (AvgIpc) is 3.18. The van der Waals surface area contributed by atoms with Crippen molar-refractivity contribution in [1.82, 2.24) is 9.21 Å². The van der Waals surface area contributed by atoms with Crippen molar-refractivity contribution >= 4 is 27.3 Å². The van der Waals surface area contributed by atoms with Gasteiger partial charge in [0.05, 0.1) is 16.9 Å². The molecule has 1 amide bonds. The van der Waals surface area contributed by atoms with Gasteiger partial charge in [-0.2, -0.15) is 4.31 Å². The van der Waals surface area contributed by atoms with Crippen LogP contribution in [0, 0.1) is 11.7 Å². The van der Waals surface area contributed by atoms with Crippen LogP contribution in [0.25, 0.3) is 0 Å². The van der Waals surface area contributed by atoms with Crippen LogP contribution in [0.4, 0.5) is 4.39 Å². The van der Waals surface area contributed by atoms with E-state index < -0.39 is 15.8 Å². The molecule has 0 radical (unpaired) electrons. The van der Waals surface area contributed by atoms with Crippen molar-refractivity contribution in [1.29, 1.82) is 0 Å². The van der Waals surface area contributed by atoms with E-state index in [0.717, 1.165) is 18.6 Å². The molecule has 28 heavy (non-hydrogen) atoms. The number of nitrogens with zero attached hydrogens (tertiary/aromatic N) is 2. The minimum atomic E-state index is -3.73. The third-order valence-electron chi connectivity index (χ3n) is 5.75. The van der Waals surface area contributed by atoms with Crippen LogP contribution >= 0.6 is 11.3 Å². The summed E-state index contributed by atoms with van der Waals surface area (Å²) in [5.74, 6) is -0.785. The molecule has 2 aromatic rings. The minimum absolute atomic E-state index is 0.0200. The molecule has 1 aromatic carbocycles. The molecule has 0 unspecified atom stereocenters. The molecule has 0 spiro atoms. The molecule has 1 aromatic heterocycles. The predicted molar refractivity (Wildman–Crippen MR) is 106 cm³/mol. The monoisotopic (exact) mass is 422 g/mol. The Balaban J connectivity index is 1.51. The van der Waals surface area contributed by atoms with E-state index in [-0.39, 0.29) is 29.3 Å². The van der Waals surface area contributed by atoms with E-state index in [9.17, 15) is 17.6 Å². The molecule has 2 atom stereocenters. The third kappa shape index (κ3) is 3.49. The molecule has 8 heteroatoms. The fraction of sp³-hybridized carbons (Fsp3) is 0.450. The normalized spacial score (nSPS) is 23.4. The lowest BCUT2D eigenvalue weighted by Gasteiger charge is -2.39. The fourth-order valence-corrected chi connectivity index (χ4v) is 6.65. The van der Waals surface area contributed by atoms with Gasteiger partial charge in [0.2, 0.25) is 15.9 Å². The second kappa shape index (κ2) is 7.57. The summed E-state index contributed by atoms with van der Waals surface area (Å²) >= 11 is 1.73. The molecule has 5 nitrogen and oxygen atoms in total. The SMILES string of the molecule is C[C@@H]1c2ccsc2CCN1C(=O)[C@@H]1CCCN(S(=O)(=O)c2ccc(F)cc2)C1. The van der Waals surface area contributed by atoms with Gasteiger partial charge in [-0.25, -0.2) is 12.8 Å². The van der Waals surface area contributed by atoms with E-state index in [2.05, 4.69) is 11.4 Å². The molecule has 0 aliphatic carbocycles. The Morgan fingerprint density at radius 2 is 1.93 bits per heavy atom. The Morgan fingerprint density at radius 1 is 1.18 bits per heavy atom. The third-order valence-corrected chi connectivity index (χ3v) is 8.62. The zero-order valence-corrected chi connectivity index (χ0v) is 17.3. The summed E-state index contributed by atoms with van der Waals surface area (Å²) in [6.45, 7) is 3.28. The van der Waals surface area contributed by atoms with Crippen LogP contribution in [-0.4, -0.2) is 43.2 Å². The van der Waals surface area contributed by atoms with Gasteiger partial charge < -0.3 is 4.90 Å². The Labute approximate surface area is 168 Å². The van der Waals surface area contributed by atoms with Crippen molar-refractivity contribution in [2.24, 2.45) is 5.92 Å². The molecule has 3 heterocycles. The highest BCUT2D eigenvalue weighted by Crippen LogP contribution is 2.35. The number of hydrogen-bond acceptors (Lipinski definition) is 4. The van der Waals surface area contributed by atoms with Crippen LogP contribution in [0.1, 0.15) is 36.2 Å². The summed E-state index contributed by atoms with van der Waals surface area (Å²) in [4.78, 5) is 16.5. The summed E-state index contributed by atoms with van der Waals surface area (Å²) in [5.41, 5.74) is 1.20. The lowest BCUT2D eigenvalue weighted by Crippen LogP contribution is -2.48. The summed E-state index contributed by atoms with van der Waals surface area (Å²) < 4.78 is 40.4. The van der Waals surface area contributed by atoms with Gasteiger partial charge in [-0.1, -0.05) is 0 Å².